The van der Waals surface area contributed by atoms with Gasteiger partial charge >= 0.3 is 11.6 Å². The third-order valence-corrected chi connectivity index (χ3v) is 5.17. The first kappa shape index (κ1) is 23.2. The van der Waals surface area contributed by atoms with Crippen LogP contribution in [0.3, 0.4) is 0 Å². The van der Waals surface area contributed by atoms with E-state index in [0.717, 1.165) is 11.3 Å². The molecule has 4 rings (SSSR count). The molecule has 0 aliphatic heterocycles. The number of fused-ring (bicyclic) bond motifs is 1. The van der Waals surface area contributed by atoms with Crippen LogP contribution >= 0.6 is 0 Å². The lowest BCUT2D eigenvalue weighted by Crippen LogP contribution is -2.29. The van der Waals surface area contributed by atoms with Crippen LogP contribution in [0.15, 0.2) is 61.6 Å². The summed E-state index contributed by atoms with van der Waals surface area (Å²) >= 11 is 0. The molecule has 0 fully saturated rings. The zero-order valence-electron chi connectivity index (χ0n) is 18.8. The van der Waals surface area contributed by atoms with E-state index in [-0.39, 0.29) is 28.8 Å². The summed E-state index contributed by atoms with van der Waals surface area (Å²) in [4.78, 5) is 41.4. The molecule has 0 saturated carbocycles. The molecule has 3 aromatic heterocycles. The Hall–Kier alpha value is -4.94. The first-order valence-electron chi connectivity index (χ1n) is 10.4. The van der Waals surface area contributed by atoms with E-state index in [1.165, 1.54) is 42.1 Å². The number of H-pyrrole nitrogens is 1. The van der Waals surface area contributed by atoms with Crippen LogP contribution in [-0.4, -0.2) is 37.3 Å². The minimum atomic E-state index is -0.627. The Morgan fingerprint density at radius 3 is 2.71 bits per heavy atom. The number of allylic oxidation sites excluding steroid dienone is 1. The monoisotopic (exact) mass is 479 g/mol. The number of methoxy groups -OCH3 is 1. The number of hydrogen-bond acceptors (Lipinski definition) is 9. The number of ether oxygens (including phenoxy) is 1. The van der Waals surface area contributed by atoms with Gasteiger partial charge in [-0.1, -0.05) is 12.1 Å². The van der Waals surface area contributed by atoms with Crippen molar-refractivity contribution in [2.24, 2.45) is 12.1 Å². The van der Waals surface area contributed by atoms with Gasteiger partial charge in [0.05, 0.1) is 13.2 Å². The molecule has 180 valence electrons. The van der Waals surface area contributed by atoms with E-state index in [1.54, 1.807) is 11.7 Å². The number of aryl methyl sites for hydroxylation is 3. The molecule has 0 aliphatic rings. The molecule has 0 unspecified atom stereocenters. The summed E-state index contributed by atoms with van der Waals surface area (Å²) in [5, 5.41) is 14.8. The molecule has 0 spiro atoms. The highest BCUT2D eigenvalue weighted by Gasteiger charge is 2.17. The molecule has 0 radical (unpaired) electrons. The number of nitro groups is 1. The van der Waals surface area contributed by atoms with Crippen LogP contribution in [0.4, 0.5) is 11.8 Å². The van der Waals surface area contributed by atoms with Crippen molar-refractivity contribution in [3.8, 4) is 5.75 Å². The number of hydrazone groups is 1. The molecule has 0 atom stereocenters. The van der Waals surface area contributed by atoms with E-state index in [1.807, 2.05) is 24.3 Å². The van der Waals surface area contributed by atoms with Crippen LogP contribution in [0.5, 0.6) is 5.75 Å². The van der Waals surface area contributed by atoms with Gasteiger partial charge in [0.15, 0.2) is 11.2 Å². The Bertz CT molecular complexity index is 1540. The molecule has 0 bridgehead atoms. The maximum atomic E-state index is 12.6. The largest absolute Gasteiger partial charge is 0.497 e. The number of nitrogens with one attached hydrogen (secondary N) is 2. The topological polar surface area (TPSA) is 163 Å². The third-order valence-electron chi connectivity index (χ3n) is 5.17. The standard InChI is InChI=1S/C22H21N7O6/c1-27-19-18(20(30)25-22(27)31)28(13-11-14-5-7-15(34-2)8-6-14)21(24-19)26-23-12-3-4-16-9-10-17(35-16)29(32)33/h3-10,12H,11,13H2,1-2H3,(H,24,26)(H,25,30,31)/b4-3+,23-12-. The molecule has 13 nitrogen and oxygen atoms in total. The van der Waals surface area contributed by atoms with Crippen LogP contribution in [-0.2, 0) is 20.0 Å². The van der Waals surface area contributed by atoms with Crippen LogP contribution in [0.2, 0.25) is 0 Å². The molecule has 0 saturated heterocycles. The zero-order valence-corrected chi connectivity index (χ0v) is 18.8. The first-order valence-corrected chi connectivity index (χ1v) is 10.4. The number of aromatic nitrogens is 4. The van der Waals surface area contributed by atoms with Crippen LogP contribution < -0.4 is 21.4 Å². The van der Waals surface area contributed by atoms with E-state index >= 15 is 0 Å². The average Bonchev–Trinajstić information content (AvgIpc) is 3.47. The number of furan rings is 1. The van der Waals surface area contributed by atoms with Crippen molar-refractivity contribution < 1.29 is 14.1 Å². The predicted octanol–water partition coefficient (Wildman–Crippen LogP) is 2.29. The summed E-state index contributed by atoms with van der Waals surface area (Å²) in [5.41, 5.74) is 3.11. The van der Waals surface area contributed by atoms with Gasteiger partial charge in [-0.25, -0.2) is 10.2 Å². The fourth-order valence-electron chi connectivity index (χ4n) is 3.38. The number of benzene rings is 1. The molecular formula is C22H21N7O6. The molecule has 35 heavy (non-hydrogen) atoms. The van der Waals surface area contributed by atoms with Crippen LogP contribution in [0, 0.1) is 10.1 Å². The van der Waals surface area contributed by atoms with Crippen LogP contribution in [0.25, 0.3) is 17.2 Å². The number of nitrogens with zero attached hydrogens (tertiary/aromatic N) is 5. The van der Waals surface area contributed by atoms with Gasteiger partial charge in [-0.3, -0.25) is 24.5 Å². The Labute approximate surface area is 197 Å². The van der Waals surface area contributed by atoms with Crippen molar-refractivity contribution in [1.29, 1.82) is 0 Å². The molecule has 4 aromatic rings. The van der Waals surface area contributed by atoms with E-state index in [4.69, 9.17) is 9.15 Å². The quantitative estimate of drug-likeness (QED) is 0.210. The molecule has 3 heterocycles. The second-order valence-electron chi connectivity index (χ2n) is 7.36. The van der Waals surface area contributed by atoms with Crippen molar-refractivity contribution in [1.82, 2.24) is 19.1 Å². The molecule has 2 N–H and O–H groups in total. The van der Waals surface area contributed by atoms with Gasteiger partial charge < -0.3 is 13.7 Å². The van der Waals surface area contributed by atoms with E-state index in [9.17, 15) is 19.7 Å². The highest BCUT2D eigenvalue weighted by molar-refractivity contribution is 5.79. The Morgan fingerprint density at radius 2 is 2.03 bits per heavy atom. The number of hydrogen-bond donors (Lipinski definition) is 2. The smallest absolute Gasteiger partial charge is 0.433 e. The summed E-state index contributed by atoms with van der Waals surface area (Å²) in [7, 11) is 3.11. The zero-order chi connectivity index (χ0) is 24.9. The van der Waals surface area contributed by atoms with Gasteiger partial charge in [0.25, 0.3) is 5.56 Å². The number of anilines is 1. The summed E-state index contributed by atoms with van der Waals surface area (Å²) in [6, 6.07) is 10.3. The van der Waals surface area contributed by atoms with E-state index in [0.29, 0.717) is 13.0 Å². The Kier molecular flexibility index (Phi) is 6.57. The van der Waals surface area contributed by atoms with Gasteiger partial charge in [-0.2, -0.15) is 10.1 Å². The number of rotatable bonds is 9. The van der Waals surface area contributed by atoms with E-state index in [2.05, 4.69) is 20.5 Å². The molecule has 1 aromatic carbocycles. The second kappa shape index (κ2) is 9.91. The molecular weight excluding hydrogens is 458 g/mol. The maximum Gasteiger partial charge on any atom is 0.433 e. The highest BCUT2D eigenvalue weighted by Crippen LogP contribution is 2.18. The summed E-state index contributed by atoms with van der Waals surface area (Å²) in [5.74, 6) is 0.929. The SMILES string of the molecule is COc1ccc(CCn2c(N/N=C\C=C\c3ccc([N+](=O)[O-])o3)nc3c2c(=O)[nH]c(=O)n3C)cc1. The van der Waals surface area contributed by atoms with Crippen molar-refractivity contribution in [2.45, 2.75) is 13.0 Å². The Morgan fingerprint density at radius 1 is 1.26 bits per heavy atom. The lowest BCUT2D eigenvalue weighted by molar-refractivity contribution is -0.402. The third kappa shape index (κ3) is 5.03. The highest BCUT2D eigenvalue weighted by atomic mass is 16.6. The molecule has 13 heteroatoms. The van der Waals surface area contributed by atoms with Gasteiger partial charge in [0, 0.05) is 19.8 Å². The lowest BCUT2D eigenvalue weighted by Gasteiger charge is -2.09. The minimum absolute atomic E-state index is 0.213. The van der Waals surface area contributed by atoms with E-state index < -0.39 is 16.2 Å². The summed E-state index contributed by atoms with van der Waals surface area (Å²) < 4.78 is 13.1. The predicted molar refractivity (Wildman–Crippen MR) is 129 cm³/mol. The van der Waals surface area contributed by atoms with Gasteiger partial charge in [0.2, 0.25) is 5.95 Å². The fraction of sp³-hybridized carbons (Fsp3) is 0.182. The molecule has 0 aliphatic carbocycles. The summed E-state index contributed by atoms with van der Waals surface area (Å²) in [6.07, 6.45) is 4.99. The first-order chi connectivity index (χ1) is 16.9. The lowest BCUT2D eigenvalue weighted by atomic mass is 10.1. The van der Waals surface area contributed by atoms with Crippen molar-refractivity contribution in [3.63, 3.8) is 0 Å². The normalized spacial score (nSPS) is 11.6. The average molecular weight is 479 g/mol. The Balaban J connectivity index is 1.58. The van der Waals surface area contributed by atoms with Crippen molar-refractivity contribution in [3.05, 3.63) is 84.8 Å². The number of aromatic amines is 1. The van der Waals surface area contributed by atoms with Gasteiger partial charge in [0.1, 0.15) is 16.4 Å². The second-order valence-corrected chi connectivity index (χ2v) is 7.36. The number of imidazole rings is 1. The molecule has 0 amide bonds. The van der Waals surface area contributed by atoms with Crippen molar-refractivity contribution >= 4 is 35.3 Å². The maximum absolute atomic E-state index is 12.6. The fourth-order valence-corrected chi connectivity index (χ4v) is 3.38. The summed E-state index contributed by atoms with van der Waals surface area (Å²) in [6.45, 7) is 0.383. The van der Waals surface area contributed by atoms with Crippen molar-refractivity contribution in [2.75, 3.05) is 12.5 Å². The van der Waals surface area contributed by atoms with Crippen LogP contribution in [0.1, 0.15) is 11.3 Å². The minimum Gasteiger partial charge on any atom is -0.497 e. The van der Waals surface area contributed by atoms with Gasteiger partial charge in [-0.15, -0.1) is 0 Å². The van der Waals surface area contributed by atoms with Gasteiger partial charge in [-0.05, 0) is 42.3 Å².